The van der Waals surface area contributed by atoms with Crippen LogP contribution in [0.3, 0.4) is 0 Å². The molecule has 2 aromatic rings. The number of para-hydroxylation sites is 1. The van der Waals surface area contributed by atoms with Gasteiger partial charge in [-0.1, -0.05) is 36.9 Å². The lowest BCUT2D eigenvalue weighted by atomic mass is 10.2. The number of hydrogen-bond acceptors (Lipinski definition) is 5. The van der Waals surface area contributed by atoms with Gasteiger partial charge in [0.15, 0.2) is 10.9 Å². The van der Waals surface area contributed by atoms with Crippen molar-refractivity contribution in [2.45, 2.75) is 12.2 Å². The molecule has 3 heterocycles. The number of rotatable bonds is 1. The summed E-state index contributed by atoms with van der Waals surface area (Å²) in [5.74, 6) is 0.413. The number of carbonyl (C=O) groups is 1. The minimum absolute atomic E-state index is 0.0183. The van der Waals surface area contributed by atoms with Crippen molar-refractivity contribution in [3.8, 4) is 0 Å². The van der Waals surface area contributed by atoms with E-state index in [0.29, 0.717) is 24.1 Å². The molecular weight excluding hydrogens is 310 g/mol. The fraction of sp³-hybridized carbons (Fsp3) is 0.412. The topological polar surface area (TPSA) is 49.0 Å². The molecule has 1 atom stereocenters. The zero-order valence-electron chi connectivity index (χ0n) is 13.1. The summed E-state index contributed by atoms with van der Waals surface area (Å²) in [7, 11) is 0. The van der Waals surface area contributed by atoms with Crippen LogP contribution in [0, 0.1) is 0 Å². The summed E-state index contributed by atoms with van der Waals surface area (Å²) in [4.78, 5) is 21.4. The van der Waals surface area contributed by atoms with E-state index in [4.69, 9.17) is 4.42 Å². The van der Waals surface area contributed by atoms with Gasteiger partial charge < -0.3 is 14.2 Å². The summed E-state index contributed by atoms with van der Waals surface area (Å²) in [5, 5.41) is 2.67. The lowest BCUT2D eigenvalue weighted by molar-refractivity contribution is 0.0664. The van der Waals surface area contributed by atoms with Gasteiger partial charge in [0.05, 0.1) is 6.54 Å². The second kappa shape index (κ2) is 5.92. The first kappa shape index (κ1) is 14.6. The fourth-order valence-electron chi connectivity index (χ4n) is 2.98. The van der Waals surface area contributed by atoms with E-state index in [1.165, 1.54) is 0 Å². The van der Waals surface area contributed by atoms with Crippen LogP contribution in [0.15, 0.2) is 39.7 Å². The van der Waals surface area contributed by atoms with Crippen LogP contribution in [0.5, 0.6) is 0 Å². The Labute approximate surface area is 139 Å². The smallest absolute Gasteiger partial charge is 0.289 e. The van der Waals surface area contributed by atoms with Crippen molar-refractivity contribution < 1.29 is 9.21 Å². The molecular formula is C17H19N3O2S. The molecule has 1 aromatic heterocycles. The molecule has 4 rings (SSSR count). The van der Waals surface area contributed by atoms with E-state index in [-0.39, 0.29) is 5.91 Å². The van der Waals surface area contributed by atoms with E-state index >= 15 is 0 Å². The Balaban J connectivity index is 1.42. The maximum Gasteiger partial charge on any atom is 0.289 e. The third-order valence-corrected chi connectivity index (χ3v) is 5.41. The van der Waals surface area contributed by atoms with E-state index in [2.05, 4.69) is 16.8 Å². The van der Waals surface area contributed by atoms with E-state index in [0.717, 1.165) is 35.8 Å². The number of thioether (sulfide) groups is 1. The third kappa shape index (κ3) is 2.83. The van der Waals surface area contributed by atoms with Crippen LogP contribution < -0.4 is 0 Å². The van der Waals surface area contributed by atoms with Crippen molar-refractivity contribution in [3.63, 3.8) is 0 Å². The van der Waals surface area contributed by atoms with E-state index < -0.39 is 0 Å². The minimum Gasteiger partial charge on any atom is -0.451 e. The highest BCUT2D eigenvalue weighted by Crippen LogP contribution is 2.24. The van der Waals surface area contributed by atoms with Gasteiger partial charge in [-0.3, -0.25) is 9.79 Å². The van der Waals surface area contributed by atoms with E-state index in [1.54, 1.807) is 0 Å². The van der Waals surface area contributed by atoms with Crippen LogP contribution in [0.4, 0.5) is 0 Å². The van der Waals surface area contributed by atoms with Crippen LogP contribution in [-0.4, -0.2) is 58.8 Å². The summed E-state index contributed by atoms with van der Waals surface area (Å²) in [6.07, 6.45) is 0. The summed E-state index contributed by atoms with van der Waals surface area (Å²) < 4.78 is 5.69. The number of hydrogen-bond donors (Lipinski definition) is 0. The van der Waals surface area contributed by atoms with Gasteiger partial charge in [-0.15, -0.1) is 0 Å². The highest BCUT2D eigenvalue weighted by molar-refractivity contribution is 8.14. The van der Waals surface area contributed by atoms with Gasteiger partial charge >= 0.3 is 0 Å². The van der Waals surface area contributed by atoms with Crippen LogP contribution in [0.2, 0.25) is 0 Å². The van der Waals surface area contributed by atoms with Crippen LogP contribution in [0.25, 0.3) is 11.0 Å². The summed E-state index contributed by atoms with van der Waals surface area (Å²) in [5.41, 5.74) is 0.764. The lowest BCUT2D eigenvalue weighted by Crippen LogP contribution is -2.49. The second-order valence-electron chi connectivity index (χ2n) is 5.98. The predicted octanol–water partition coefficient (Wildman–Crippen LogP) is 2.68. The molecule has 0 aliphatic carbocycles. The number of benzene rings is 1. The van der Waals surface area contributed by atoms with Gasteiger partial charge in [-0.25, -0.2) is 0 Å². The second-order valence-corrected chi connectivity index (χ2v) is 7.39. The molecule has 1 fully saturated rings. The molecule has 120 valence electrons. The van der Waals surface area contributed by atoms with Crippen molar-refractivity contribution in [1.29, 1.82) is 0 Å². The largest absolute Gasteiger partial charge is 0.451 e. The number of nitrogens with zero attached hydrogens (tertiary/aromatic N) is 3. The average Bonchev–Trinajstić information content (AvgIpc) is 3.20. The predicted molar refractivity (Wildman–Crippen MR) is 93.0 cm³/mol. The standard InChI is InChI=1S/C17H19N3O2S/c1-12-11-18-17(23-12)20-8-6-19(7-9-20)16(21)15-10-13-4-2-3-5-14(13)22-15/h2-5,10,12H,6-9,11H2,1H3. The molecule has 6 heteroatoms. The number of amidine groups is 1. The maximum absolute atomic E-state index is 12.6. The Morgan fingerprint density at radius 2 is 2.04 bits per heavy atom. The number of carbonyl (C=O) groups excluding carboxylic acids is 1. The van der Waals surface area contributed by atoms with Crippen molar-refractivity contribution in [2.24, 2.45) is 4.99 Å². The minimum atomic E-state index is -0.0183. The number of furan rings is 1. The molecule has 0 saturated carbocycles. The maximum atomic E-state index is 12.6. The first-order chi connectivity index (χ1) is 11.2. The average molecular weight is 329 g/mol. The number of aliphatic imine (C=N–C) groups is 1. The third-order valence-electron chi connectivity index (χ3n) is 4.26. The van der Waals surface area contributed by atoms with Crippen LogP contribution >= 0.6 is 11.8 Å². The van der Waals surface area contributed by atoms with Crippen molar-refractivity contribution in [1.82, 2.24) is 9.80 Å². The molecule has 2 aliphatic heterocycles. The van der Waals surface area contributed by atoms with Crippen molar-refractivity contribution in [3.05, 3.63) is 36.1 Å². The van der Waals surface area contributed by atoms with Gasteiger partial charge in [0.1, 0.15) is 5.58 Å². The summed E-state index contributed by atoms with van der Waals surface area (Å²) in [6.45, 7) is 6.20. The highest BCUT2D eigenvalue weighted by Gasteiger charge is 2.28. The van der Waals surface area contributed by atoms with Gasteiger partial charge in [0.2, 0.25) is 0 Å². The zero-order chi connectivity index (χ0) is 15.8. The van der Waals surface area contributed by atoms with Crippen molar-refractivity contribution >= 4 is 33.8 Å². The number of piperazine rings is 1. The molecule has 1 unspecified atom stereocenters. The first-order valence-electron chi connectivity index (χ1n) is 7.94. The van der Waals surface area contributed by atoms with Crippen LogP contribution in [0.1, 0.15) is 17.5 Å². The molecule has 1 saturated heterocycles. The number of amides is 1. The molecule has 1 amide bonds. The molecule has 0 N–H and O–H groups in total. The normalized spacial score (nSPS) is 21.8. The lowest BCUT2D eigenvalue weighted by Gasteiger charge is -2.35. The molecule has 2 aliphatic rings. The summed E-state index contributed by atoms with van der Waals surface area (Å²) >= 11 is 1.83. The summed E-state index contributed by atoms with van der Waals surface area (Å²) in [6, 6.07) is 9.55. The first-order valence-corrected chi connectivity index (χ1v) is 8.82. The molecule has 5 nitrogen and oxygen atoms in total. The Morgan fingerprint density at radius 1 is 1.26 bits per heavy atom. The van der Waals surface area contributed by atoms with Crippen LogP contribution in [-0.2, 0) is 0 Å². The Bertz CT molecular complexity index is 729. The Hall–Kier alpha value is -1.95. The monoisotopic (exact) mass is 329 g/mol. The molecule has 0 spiro atoms. The van der Waals surface area contributed by atoms with E-state index in [9.17, 15) is 4.79 Å². The SMILES string of the molecule is CC1CN=C(N2CCN(C(=O)c3cc4ccccc4o3)CC2)S1. The van der Waals surface area contributed by atoms with Gasteiger partial charge in [-0.05, 0) is 12.1 Å². The molecule has 1 aromatic carbocycles. The Kier molecular flexibility index (Phi) is 3.77. The highest BCUT2D eigenvalue weighted by atomic mass is 32.2. The molecule has 0 bridgehead atoms. The van der Waals surface area contributed by atoms with Gasteiger partial charge in [-0.2, -0.15) is 0 Å². The van der Waals surface area contributed by atoms with Gasteiger partial charge in [0, 0.05) is 36.8 Å². The van der Waals surface area contributed by atoms with Crippen molar-refractivity contribution in [2.75, 3.05) is 32.7 Å². The van der Waals surface area contributed by atoms with Gasteiger partial charge in [0.25, 0.3) is 5.91 Å². The fourth-order valence-corrected chi connectivity index (χ4v) is 3.97. The molecule has 0 radical (unpaired) electrons. The quantitative estimate of drug-likeness (QED) is 0.807. The van der Waals surface area contributed by atoms with E-state index in [1.807, 2.05) is 47.0 Å². The zero-order valence-corrected chi connectivity index (χ0v) is 13.9. The molecule has 23 heavy (non-hydrogen) atoms. The number of fused-ring (bicyclic) bond motifs is 1. The Morgan fingerprint density at radius 3 is 2.74 bits per heavy atom.